The Labute approximate surface area is 687 Å². The van der Waals surface area contributed by atoms with Gasteiger partial charge in [0.2, 0.25) is 0 Å². The summed E-state index contributed by atoms with van der Waals surface area (Å²) in [6.07, 6.45) is 112. The summed E-state index contributed by atoms with van der Waals surface area (Å²) >= 11 is 0. The smallest absolute Gasteiger partial charge is 0.463 e. The second kappa shape index (κ2) is 86.0. The number of phosphoric ester groups is 2. The molecule has 0 radical (unpaired) electrons. The van der Waals surface area contributed by atoms with E-state index < -0.39 is 91.5 Å². The van der Waals surface area contributed by atoms with Gasteiger partial charge in [-0.2, -0.15) is 0 Å². The molecule has 0 rings (SSSR count). The first-order valence-electron chi connectivity index (χ1n) is 44.1. The molecule has 0 aliphatic carbocycles. The average molecular weight is 1620 g/mol. The number of allylic oxidation sites excluding steroid dienone is 30. The van der Waals surface area contributed by atoms with Crippen molar-refractivity contribution in [2.75, 3.05) is 39.6 Å². The number of esters is 3. The van der Waals surface area contributed by atoms with Crippen molar-refractivity contribution in [2.45, 2.75) is 360 Å². The second-order valence-electron chi connectivity index (χ2n) is 28.9. The number of rotatable bonds is 82. The van der Waals surface area contributed by atoms with Crippen LogP contribution in [0.25, 0.3) is 0 Å². The fraction of sp³-hybridized carbons (Fsp3) is 0.653. The van der Waals surface area contributed by atoms with Crippen molar-refractivity contribution in [2.24, 2.45) is 0 Å². The first kappa shape index (κ1) is 108. The van der Waals surface area contributed by atoms with E-state index in [2.05, 4.69) is 203 Å². The van der Waals surface area contributed by atoms with Crippen molar-refractivity contribution < 1.29 is 75.8 Å². The molecule has 4 N–H and O–H groups in total. The highest BCUT2D eigenvalue weighted by Gasteiger charge is 2.29. The molecule has 0 spiro atoms. The van der Waals surface area contributed by atoms with Gasteiger partial charge in [0.25, 0.3) is 0 Å². The molecule has 0 aromatic heterocycles. The van der Waals surface area contributed by atoms with Crippen molar-refractivity contribution >= 4 is 33.6 Å². The molecule has 0 fully saturated rings. The quantitative estimate of drug-likeness (QED) is 0.0146. The van der Waals surface area contributed by atoms with Gasteiger partial charge < -0.3 is 34.2 Å². The molecular weight excluding hydrogens is 1460 g/mol. The number of hydrogen-bond acceptors (Lipinski definition) is 14. The molecule has 0 heterocycles. The summed E-state index contributed by atoms with van der Waals surface area (Å²) in [4.78, 5) is 58.8. The fourth-order valence-electron chi connectivity index (χ4n) is 11.5. The standard InChI is InChI=1S/C95H158O16P2/c1-4-7-10-13-16-19-22-25-28-31-34-37-38-39-40-41-42-43-44-45-46-47-48-49-50-53-55-57-60-63-66-69-72-75-78-81-93(98)105-84-90(96)85-107-112(101,102)108-86-91(97)87-109-113(103,104)110-89-92(111-95(100)83-80-77-74-71-68-65-62-59-56-52-36-33-30-27-24-21-18-15-12-9-6-3)88-106-94(99)82-79-76-73-70-67-64-61-58-54-51-35-32-29-26-23-20-17-14-11-8-5-2/h8-9,11-12,16-21,25-30,34-37,39-40,51-52,58-59,61-62,67,70,90-92,96-97H,4-7,10,13-15,22-24,31-33,38,41-50,53-57,60,63-66,68-69,71-89H2,1-3H3,(H,101,102)(H,103,104)/b11-8-,12-9-,19-16-,20-17-,21-18-,28-25-,29-26-,30-27-,37-34-,40-39-,51-35-,52-36-,61-58-,62-59-,70-67-. The van der Waals surface area contributed by atoms with Crippen LogP contribution >= 0.6 is 15.6 Å². The lowest BCUT2D eigenvalue weighted by molar-refractivity contribution is -0.161. The minimum absolute atomic E-state index is 0.0655. The maximum atomic E-state index is 13.0. The molecule has 0 saturated carbocycles. The summed E-state index contributed by atoms with van der Waals surface area (Å²) in [5.74, 6) is -1.65. The summed E-state index contributed by atoms with van der Waals surface area (Å²) in [5.41, 5.74) is 0. The van der Waals surface area contributed by atoms with E-state index in [1.54, 1.807) is 0 Å². The van der Waals surface area contributed by atoms with Crippen LogP contribution in [-0.4, -0.2) is 95.9 Å². The first-order chi connectivity index (χ1) is 55.2. The van der Waals surface area contributed by atoms with Gasteiger partial charge in [0.1, 0.15) is 25.4 Å². The highest BCUT2D eigenvalue weighted by atomic mass is 31.2. The van der Waals surface area contributed by atoms with Crippen LogP contribution in [0.2, 0.25) is 0 Å². The molecule has 0 aliphatic heterocycles. The Hall–Kier alpha value is -5.35. The van der Waals surface area contributed by atoms with Gasteiger partial charge >= 0.3 is 33.6 Å². The molecule has 644 valence electrons. The van der Waals surface area contributed by atoms with Crippen LogP contribution < -0.4 is 0 Å². The van der Waals surface area contributed by atoms with Crippen LogP contribution in [0.15, 0.2) is 182 Å². The zero-order valence-electron chi connectivity index (χ0n) is 70.7. The molecule has 0 aromatic carbocycles. The van der Waals surface area contributed by atoms with Crippen LogP contribution in [0.4, 0.5) is 0 Å². The predicted octanol–water partition coefficient (Wildman–Crippen LogP) is 26.9. The number of carbonyl (C=O) groups excluding carboxylic acids is 3. The molecule has 0 saturated heterocycles. The van der Waals surface area contributed by atoms with Crippen LogP contribution in [-0.2, 0) is 55.8 Å². The van der Waals surface area contributed by atoms with E-state index in [1.165, 1.54) is 128 Å². The number of aliphatic hydroxyl groups excluding tert-OH is 2. The predicted molar refractivity (Wildman–Crippen MR) is 472 cm³/mol. The molecule has 0 aromatic rings. The number of ether oxygens (including phenoxy) is 3. The highest BCUT2D eigenvalue weighted by molar-refractivity contribution is 7.47. The van der Waals surface area contributed by atoms with Gasteiger partial charge in [-0.05, 0) is 161 Å². The molecule has 0 aliphatic rings. The third-order valence-electron chi connectivity index (χ3n) is 18.1. The minimum Gasteiger partial charge on any atom is -0.463 e. The summed E-state index contributed by atoms with van der Waals surface area (Å²) in [6, 6.07) is 0. The van der Waals surface area contributed by atoms with E-state index in [1.807, 2.05) is 0 Å². The Kier molecular flexibility index (Phi) is 81.9. The van der Waals surface area contributed by atoms with Gasteiger partial charge in [-0.25, -0.2) is 9.13 Å². The summed E-state index contributed by atoms with van der Waals surface area (Å²) < 4.78 is 61.3. The first-order valence-corrected chi connectivity index (χ1v) is 47.1. The Balaban J connectivity index is 4.55. The third kappa shape index (κ3) is 87.3. The number of unbranched alkanes of at least 4 members (excludes halogenated alkanes) is 29. The van der Waals surface area contributed by atoms with Crippen molar-refractivity contribution in [3.8, 4) is 0 Å². The Morgan fingerprint density at radius 2 is 0.469 bits per heavy atom. The lowest BCUT2D eigenvalue weighted by Crippen LogP contribution is -2.30. The largest absolute Gasteiger partial charge is 0.472 e. The maximum absolute atomic E-state index is 13.0. The van der Waals surface area contributed by atoms with E-state index in [0.717, 1.165) is 154 Å². The van der Waals surface area contributed by atoms with Gasteiger partial charge in [-0.3, -0.25) is 32.5 Å². The topological polar surface area (TPSA) is 231 Å². The normalized spacial score (nSPS) is 14.7. The number of carbonyl (C=O) groups is 3. The van der Waals surface area contributed by atoms with Crippen LogP contribution in [0.5, 0.6) is 0 Å². The average Bonchev–Trinajstić information content (AvgIpc) is 0.902. The van der Waals surface area contributed by atoms with Crippen molar-refractivity contribution in [1.29, 1.82) is 0 Å². The Morgan fingerprint density at radius 1 is 0.257 bits per heavy atom. The van der Waals surface area contributed by atoms with Crippen LogP contribution in [0.3, 0.4) is 0 Å². The van der Waals surface area contributed by atoms with Gasteiger partial charge in [-0.15, -0.1) is 0 Å². The monoisotopic (exact) mass is 1620 g/mol. The zero-order chi connectivity index (χ0) is 82.2. The van der Waals surface area contributed by atoms with E-state index in [9.17, 15) is 43.5 Å². The van der Waals surface area contributed by atoms with E-state index >= 15 is 0 Å². The van der Waals surface area contributed by atoms with Crippen molar-refractivity contribution in [1.82, 2.24) is 0 Å². The van der Waals surface area contributed by atoms with E-state index in [-0.39, 0.29) is 19.3 Å². The van der Waals surface area contributed by atoms with E-state index in [4.69, 9.17) is 32.3 Å². The number of hydrogen-bond donors (Lipinski definition) is 4. The van der Waals surface area contributed by atoms with Crippen LogP contribution in [0, 0.1) is 0 Å². The Bertz CT molecular complexity index is 2780. The molecule has 18 heteroatoms. The summed E-state index contributed by atoms with van der Waals surface area (Å²) in [5, 5.41) is 20.7. The minimum atomic E-state index is -4.96. The second-order valence-corrected chi connectivity index (χ2v) is 31.8. The zero-order valence-corrected chi connectivity index (χ0v) is 72.5. The molecule has 5 unspecified atom stereocenters. The molecule has 0 amide bonds. The van der Waals surface area contributed by atoms with E-state index in [0.29, 0.717) is 19.3 Å². The fourth-order valence-corrected chi connectivity index (χ4v) is 13.1. The van der Waals surface area contributed by atoms with Crippen LogP contribution in [0.1, 0.15) is 342 Å². The number of aliphatic hydroxyl groups is 2. The highest BCUT2D eigenvalue weighted by Crippen LogP contribution is 2.45. The van der Waals surface area contributed by atoms with Gasteiger partial charge in [0.05, 0.1) is 26.4 Å². The third-order valence-corrected chi connectivity index (χ3v) is 20.0. The Morgan fingerprint density at radius 3 is 0.761 bits per heavy atom. The van der Waals surface area contributed by atoms with Gasteiger partial charge in [0, 0.05) is 19.3 Å². The summed E-state index contributed by atoms with van der Waals surface area (Å²) in [6.45, 7) is 2.36. The molecule has 16 nitrogen and oxygen atoms in total. The van der Waals surface area contributed by atoms with Gasteiger partial charge in [-0.1, -0.05) is 344 Å². The molecular formula is C95H158O16P2. The molecule has 113 heavy (non-hydrogen) atoms. The molecule has 5 atom stereocenters. The SMILES string of the molecule is CC/C=C\C/C=C\C/C=C\C/C=C\C/C=C\C/C=C\CCCCC(=O)OCC(COP(=O)(O)OCC(O)COP(=O)(O)OCC(O)COC(=O)CCCCCCCCCCCCCCCCCCCCC/C=C\C/C=C\C/C=C\C/C=C\CCCCC)OC(=O)CCCCCCC/C=C\C/C=C\C/C=C\C/C=C\C/C=C\CC. The summed E-state index contributed by atoms with van der Waals surface area (Å²) in [7, 11) is -9.83. The van der Waals surface area contributed by atoms with Gasteiger partial charge in [0.15, 0.2) is 6.10 Å². The van der Waals surface area contributed by atoms with Crippen molar-refractivity contribution in [3.05, 3.63) is 182 Å². The number of phosphoric acid groups is 2. The lowest BCUT2D eigenvalue weighted by atomic mass is 10.0. The molecule has 0 bridgehead atoms. The maximum Gasteiger partial charge on any atom is 0.472 e. The lowest BCUT2D eigenvalue weighted by Gasteiger charge is -2.21. The van der Waals surface area contributed by atoms with Crippen molar-refractivity contribution in [3.63, 3.8) is 0 Å².